The van der Waals surface area contributed by atoms with Gasteiger partial charge < -0.3 is 5.73 Å². The molecule has 0 aliphatic rings. The van der Waals surface area contributed by atoms with Gasteiger partial charge in [0.1, 0.15) is 0 Å². The van der Waals surface area contributed by atoms with Crippen LogP contribution in [-0.4, -0.2) is 0 Å². The van der Waals surface area contributed by atoms with Crippen LogP contribution in [0.3, 0.4) is 0 Å². The van der Waals surface area contributed by atoms with Crippen LogP contribution in [0.2, 0.25) is 0 Å². The molecule has 0 spiro atoms. The van der Waals surface area contributed by atoms with Crippen LogP contribution in [-0.2, 0) is 0 Å². The van der Waals surface area contributed by atoms with Crippen molar-refractivity contribution in [2.24, 2.45) is 11.1 Å². The van der Waals surface area contributed by atoms with Crippen molar-refractivity contribution >= 4 is 0 Å². The SMILES string of the molecule is CCC(C)c1ccc(C(N)CC(C)(C)C)cc1. The summed E-state index contributed by atoms with van der Waals surface area (Å²) in [7, 11) is 0. The molecule has 0 radical (unpaired) electrons. The van der Waals surface area contributed by atoms with Gasteiger partial charge in [-0.2, -0.15) is 0 Å². The van der Waals surface area contributed by atoms with Crippen LogP contribution < -0.4 is 5.73 Å². The molecule has 0 aliphatic carbocycles. The number of nitrogens with two attached hydrogens (primary N) is 1. The molecule has 1 rings (SSSR count). The van der Waals surface area contributed by atoms with E-state index in [1.165, 1.54) is 17.5 Å². The standard InChI is InChI=1S/C16H27N/c1-6-12(2)13-7-9-14(10-8-13)15(17)11-16(3,4)5/h7-10,12,15H,6,11,17H2,1-5H3. The molecule has 0 saturated heterocycles. The van der Waals surface area contributed by atoms with Gasteiger partial charge in [0.2, 0.25) is 0 Å². The maximum absolute atomic E-state index is 6.24. The molecule has 96 valence electrons. The Balaban J connectivity index is 2.74. The average molecular weight is 233 g/mol. The summed E-state index contributed by atoms with van der Waals surface area (Å²) >= 11 is 0. The monoisotopic (exact) mass is 233 g/mol. The van der Waals surface area contributed by atoms with E-state index in [0.717, 1.165) is 6.42 Å². The summed E-state index contributed by atoms with van der Waals surface area (Å²) in [4.78, 5) is 0. The van der Waals surface area contributed by atoms with E-state index in [4.69, 9.17) is 5.73 Å². The Hall–Kier alpha value is -0.820. The largest absolute Gasteiger partial charge is 0.324 e. The van der Waals surface area contributed by atoms with E-state index in [0.29, 0.717) is 5.92 Å². The quantitative estimate of drug-likeness (QED) is 0.805. The highest BCUT2D eigenvalue weighted by atomic mass is 14.6. The summed E-state index contributed by atoms with van der Waals surface area (Å²) in [5.74, 6) is 0.642. The smallest absolute Gasteiger partial charge is 0.0299 e. The fourth-order valence-electron chi connectivity index (χ4n) is 2.09. The molecule has 0 aromatic heterocycles. The highest BCUT2D eigenvalue weighted by molar-refractivity contribution is 5.27. The Bertz CT molecular complexity index is 332. The van der Waals surface area contributed by atoms with E-state index in [1.54, 1.807) is 0 Å². The van der Waals surface area contributed by atoms with Crippen LogP contribution in [0, 0.1) is 5.41 Å². The maximum atomic E-state index is 6.24. The Kier molecular flexibility index (Phi) is 4.76. The van der Waals surface area contributed by atoms with Gasteiger partial charge in [0.15, 0.2) is 0 Å². The Labute approximate surface area is 106 Å². The van der Waals surface area contributed by atoms with Crippen molar-refractivity contribution < 1.29 is 0 Å². The third-order valence-electron chi connectivity index (χ3n) is 3.38. The summed E-state index contributed by atoms with van der Waals surface area (Å²) in [6.07, 6.45) is 2.21. The van der Waals surface area contributed by atoms with Crippen molar-refractivity contribution in [2.75, 3.05) is 0 Å². The fraction of sp³-hybridized carbons (Fsp3) is 0.625. The van der Waals surface area contributed by atoms with E-state index in [2.05, 4.69) is 58.9 Å². The second-order valence-electron chi connectivity index (χ2n) is 6.35. The summed E-state index contributed by atoms with van der Waals surface area (Å²) in [5, 5.41) is 0. The van der Waals surface area contributed by atoms with E-state index < -0.39 is 0 Å². The van der Waals surface area contributed by atoms with Crippen molar-refractivity contribution in [1.29, 1.82) is 0 Å². The molecule has 17 heavy (non-hydrogen) atoms. The van der Waals surface area contributed by atoms with Crippen molar-refractivity contribution in [3.05, 3.63) is 35.4 Å². The molecular weight excluding hydrogens is 206 g/mol. The number of hydrogen-bond donors (Lipinski definition) is 1. The summed E-state index contributed by atoms with van der Waals surface area (Å²) < 4.78 is 0. The van der Waals surface area contributed by atoms with Gasteiger partial charge in [-0.1, -0.05) is 58.9 Å². The fourth-order valence-corrected chi connectivity index (χ4v) is 2.09. The lowest BCUT2D eigenvalue weighted by molar-refractivity contribution is 0.343. The van der Waals surface area contributed by atoms with Crippen LogP contribution in [0.5, 0.6) is 0 Å². The van der Waals surface area contributed by atoms with Crippen molar-refractivity contribution in [2.45, 2.75) is 59.4 Å². The molecule has 2 N–H and O–H groups in total. The summed E-state index contributed by atoms with van der Waals surface area (Å²) in [5.41, 5.74) is 9.20. The normalized spacial score (nSPS) is 15.6. The van der Waals surface area contributed by atoms with Crippen molar-refractivity contribution in [3.8, 4) is 0 Å². The lowest BCUT2D eigenvalue weighted by atomic mass is 9.85. The number of hydrogen-bond acceptors (Lipinski definition) is 1. The molecular formula is C16H27N. The molecule has 0 aliphatic heterocycles. The molecule has 0 saturated carbocycles. The van der Waals surface area contributed by atoms with E-state index >= 15 is 0 Å². The third-order valence-corrected chi connectivity index (χ3v) is 3.38. The van der Waals surface area contributed by atoms with Crippen LogP contribution in [0.4, 0.5) is 0 Å². The van der Waals surface area contributed by atoms with Crippen LogP contribution in [0.15, 0.2) is 24.3 Å². The number of rotatable bonds is 4. The van der Waals surface area contributed by atoms with Gasteiger partial charge in [0.25, 0.3) is 0 Å². The zero-order chi connectivity index (χ0) is 13.1. The van der Waals surface area contributed by atoms with Gasteiger partial charge >= 0.3 is 0 Å². The zero-order valence-corrected chi connectivity index (χ0v) is 12.0. The predicted molar refractivity (Wildman–Crippen MR) is 76.1 cm³/mol. The van der Waals surface area contributed by atoms with Crippen molar-refractivity contribution in [3.63, 3.8) is 0 Å². The topological polar surface area (TPSA) is 26.0 Å². The van der Waals surface area contributed by atoms with Crippen molar-refractivity contribution in [1.82, 2.24) is 0 Å². The lowest BCUT2D eigenvalue weighted by Gasteiger charge is -2.23. The minimum atomic E-state index is 0.154. The third kappa shape index (κ3) is 4.51. The van der Waals surface area contributed by atoms with E-state index in [-0.39, 0.29) is 11.5 Å². The first kappa shape index (κ1) is 14.2. The molecule has 1 aromatic carbocycles. The Morgan fingerprint density at radius 3 is 1.94 bits per heavy atom. The molecule has 2 unspecified atom stereocenters. The van der Waals surface area contributed by atoms with E-state index in [9.17, 15) is 0 Å². The van der Waals surface area contributed by atoms with Crippen LogP contribution in [0.25, 0.3) is 0 Å². The predicted octanol–water partition coefficient (Wildman–Crippen LogP) is 4.64. The summed E-state index contributed by atoms with van der Waals surface area (Å²) in [6, 6.07) is 8.99. The zero-order valence-electron chi connectivity index (χ0n) is 12.0. The maximum Gasteiger partial charge on any atom is 0.0299 e. The van der Waals surface area contributed by atoms with Crippen LogP contribution >= 0.6 is 0 Å². The van der Waals surface area contributed by atoms with Crippen LogP contribution in [0.1, 0.15) is 70.5 Å². The first-order valence-electron chi connectivity index (χ1n) is 6.69. The molecule has 1 heteroatoms. The van der Waals surface area contributed by atoms with E-state index in [1.807, 2.05) is 0 Å². The Morgan fingerprint density at radius 2 is 1.53 bits per heavy atom. The number of benzene rings is 1. The van der Waals surface area contributed by atoms with Gasteiger partial charge in [-0.15, -0.1) is 0 Å². The Morgan fingerprint density at radius 1 is 1.06 bits per heavy atom. The molecule has 0 bridgehead atoms. The summed E-state index contributed by atoms with van der Waals surface area (Å²) in [6.45, 7) is 11.2. The highest BCUT2D eigenvalue weighted by Gasteiger charge is 2.17. The van der Waals surface area contributed by atoms with Gasteiger partial charge in [0, 0.05) is 6.04 Å². The molecule has 1 nitrogen and oxygen atoms in total. The minimum absolute atomic E-state index is 0.154. The van der Waals surface area contributed by atoms with Gasteiger partial charge in [-0.25, -0.2) is 0 Å². The van der Waals surface area contributed by atoms with Gasteiger partial charge in [-0.3, -0.25) is 0 Å². The first-order valence-corrected chi connectivity index (χ1v) is 6.69. The first-order chi connectivity index (χ1) is 7.83. The second kappa shape index (κ2) is 5.68. The molecule has 2 atom stereocenters. The average Bonchev–Trinajstić information content (AvgIpc) is 2.26. The second-order valence-corrected chi connectivity index (χ2v) is 6.35. The molecule has 0 amide bonds. The minimum Gasteiger partial charge on any atom is -0.324 e. The van der Waals surface area contributed by atoms with Gasteiger partial charge in [-0.05, 0) is 35.3 Å². The lowest BCUT2D eigenvalue weighted by Crippen LogP contribution is -2.18. The molecule has 0 heterocycles. The molecule has 0 fully saturated rings. The van der Waals surface area contributed by atoms with Gasteiger partial charge in [0.05, 0.1) is 0 Å². The highest BCUT2D eigenvalue weighted by Crippen LogP contribution is 2.28. The molecule has 1 aromatic rings.